The van der Waals surface area contributed by atoms with Gasteiger partial charge in [-0.05, 0) is 68.2 Å². The Morgan fingerprint density at radius 2 is 1.73 bits per heavy atom. The first kappa shape index (κ1) is 17.7. The number of carbonyl (C=O) groups excluding carboxylic acids is 3. The number of benzene rings is 1. The molecule has 138 valence electrons. The number of halogens is 1. The van der Waals surface area contributed by atoms with Crippen molar-refractivity contribution in [2.24, 2.45) is 23.7 Å². The van der Waals surface area contributed by atoms with Crippen LogP contribution in [-0.4, -0.2) is 29.2 Å². The SMILES string of the molecule is Cc1c(Br)ccc(NC(=O)CCN2C(=O)[C@H]3[C@@H]4CC[C@@H](C4)[C@@H]3C2=O)c1C. The Hall–Kier alpha value is -1.69. The third-order valence-corrected chi connectivity index (χ3v) is 7.44. The molecule has 3 amide bonds. The van der Waals surface area contributed by atoms with Crippen molar-refractivity contribution in [3.05, 3.63) is 27.7 Å². The van der Waals surface area contributed by atoms with Crippen LogP contribution < -0.4 is 5.32 Å². The van der Waals surface area contributed by atoms with Crippen LogP contribution >= 0.6 is 15.9 Å². The van der Waals surface area contributed by atoms with Crippen molar-refractivity contribution in [3.63, 3.8) is 0 Å². The Morgan fingerprint density at radius 1 is 1.12 bits per heavy atom. The van der Waals surface area contributed by atoms with Gasteiger partial charge in [0.05, 0.1) is 11.8 Å². The van der Waals surface area contributed by atoms with Gasteiger partial charge >= 0.3 is 0 Å². The van der Waals surface area contributed by atoms with Crippen molar-refractivity contribution in [3.8, 4) is 0 Å². The van der Waals surface area contributed by atoms with Gasteiger partial charge in [-0.1, -0.05) is 15.9 Å². The highest BCUT2D eigenvalue weighted by molar-refractivity contribution is 9.10. The van der Waals surface area contributed by atoms with Crippen LogP contribution in [0.2, 0.25) is 0 Å². The van der Waals surface area contributed by atoms with Gasteiger partial charge in [-0.15, -0.1) is 0 Å². The monoisotopic (exact) mass is 418 g/mol. The first-order valence-corrected chi connectivity index (χ1v) is 10.1. The van der Waals surface area contributed by atoms with Gasteiger partial charge in [-0.3, -0.25) is 19.3 Å². The Balaban J connectivity index is 1.39. The number of amides is 3. The van der Waals surface area contributed by atoms with Crippen molar-refractivity contribution in [1.29, 1.82) is 0 Å². The summed E-state index contributed by atoms with van der Waals surface area (Å²) in [4.78, 5) is 39.0. The van der Waals surface area contributed by atoms with E-state index in [0.29, 0.717) is 11.8 Å². The van der Waals surface area contributed by atoms with Gasteiger partial charge in [0.15, 0.2) is 0 Å². The Bertz CT molecular complexity index is 778. The standard InChI is InChI=1S/C20H23BrN2O3/c1-10-11(2)15(6-5-14(10)21)22-16(24)7-8-23-19(25)17-12-3-4-13(9-12)18(17)20(23)26/h5-6,12-13,17-18H,3-4,7-9H2,1-2H3,(H,22,24)/t12-,13+,17-,18-/m0/s1. The average Bonchev–Trinajstić information content (AvgIpc) is 3.28. The lowest BCUT2D eigenvalue weighted by Crippen LogP contribution is -2.35. The van der Waals surface area contributed by atoms with Crippen molar-refractivity contribution in [2.45, 2.75) is 39.5 Å². The van der Waals surface area contributed by atoms with Crippen LogP contribution in [0.4, 0.5) is 5.69 Å². The van der Waals surface area contributed by atoms with Crippen molar-refractivity contribution >= 4 is 39.3 Å². The molecule has 2 bridgehead atoms. The molecule has 3 fully saturated rings. The summed E-state index contributed by atoms with van der Waals surface area (Å²) in [7, 11) is 0. The Labute approximate surface area is 161 Å². The molecule has 1 aromatic rings. The van der Waals surface area contributed by atoms with E-state index in [1.165, 1.54) is 4.90 Å². The zero-order chi connectivity index (χ0) is 18.6. The summed E-state index contributed by atoms with van der Waals surface area (Å²) in [5.74, 6) is 0.283. The fraction of sp³-hybridized carbons (Fsp3) is 0.550. The number of hydrogen-bond donors (Lipinski definition) is 1. The summed E-state index contributed by atoms with van der Waals surface area (Å²) >= 11 is 3.48. The maximum absolute atomic E-state index is 12.7. The summed E-state index contributed by atoms with van der Waals surface area (Å²) in [6.45, 7) is 4.13. The van der Waals surface area contributed by atoms with Crippen molar-refractivity contribution in [1.82, 2.24) is 4.90 Å². The number of nitrogens with zero attached hydrogens (tertiary/aromatic N) is 1. The highest BCUT2D eigenvalue weighted by Crippen LogP contribution is 2.56. The number of rotatable bonds is 4. The van der Waals surface area contributed by atoms with Crippen LogP contribution in [0.1, 0.15) is 36.8 Å². The normalized spacial score (nSPS) is 29.4. The minimum absolute atomic E-state index is 0.0457. The molecule has 5 nitrogen and oxygen atoms in total. The van der Waals surface area contributed by atoms with Gasteiger partial charge in [0, 0.05) is 23.1 Å². The Morgan fingerprint density at radius 3 is 2.35 bits per heavy atom. The molecule has 1 heterocycles. The molecule has 0 radical (unpaired) electrons. The van der Waals surface area contributed by atoms with Crippen molar-refractivity contribution in [2.75, 3.05) is 11.9 Å². The van der Waals surface area contributed by atoms with E-state index in [1.54, 1.807) is 0 Å². The summed E-state index contributed by atoms with van der Waals surface area (Å²) in [5.41, 5.74) is 2.85. The minimum Gasteiger partial charge on any atom is -0.326 e. The lowest BCUT2D eigenvalue weighted by Gasteiger charge is -2.19. The van der Waals surface area contributed by atoms with Crippen LogP contribution in [0.25, 0.3) is 0 Å². The van der Waals surface area contributed by atoms with Gasteiger partial charge in [0.1, 0.15) is 0 Å². The van der Waals surface area contributed by atoms with E-state index in [1.807, 2.05) is 26.0 Å². The molecule has 0 spiro atoms. The van der Waals surface area contributed by atoms with E-state index in [-0.39, 0.29) is 42.5 Å². The number of fused-ring (bicyclic) bond motifs is 5. The predicted molar refractivity (Wildman–Crippen MR) is 101 cm³/mol. The molecule has 2 aliphatic carbocycles. The molecule has 1 saturated heterocycles. The van der Waals surface area contributed by atoms with Gasteiger partial charge in [-0.2, -0.15) is 0 Å². The molecular formula is C20H23BrN2O3. The molecule has 4 rings (SSSR count). The van der Waals surface area contributed by atoms with Gasteiger partial charge < -0.3 is 5.32 Å². The van der Waals surface area contributed by atoms with E-state index in [2.05, 4.69) is 21.2 Å². The third-order valence-electron chi connectivity index (χ3n) is 6.58. The van der Waals surface area contributed by atoms with Gasteiger partial charge in [0.25, 0.3) is 0 Å². The molecule has 2 saturated carbocycles. The number of anilines is 1. The molecule has 1 aromatic carbocycles. The number of carbonyl (C=O) groups is 3. The molecular weight excluding hydrogens is 396 g/mol. The molecule has 1 aliphatic heterocycles. The van der Waals surface area contributed by atoms with Gasteiger partial charge in [0.2, 0.25) is 17.7 Å². The molecule has 1 N–H and O–H groups in total. The number of hydrogen-bond acceptors (Lipinski definition) is 3. The largest absolute Gasteiger partial charge is 0.326 e. The summed E-state index contributed by atoms with van der Waals surface area (Å²) in [6, 6.07) is 3.76. The lowest BCUT2D eigenvalue weighted by molar-refractivity contribution is -0.140. The topological polar surface area (TPSA) is 66.5 Å². The van der Waals surface area contributed by atoms with Gasteiger partial charge in [-0.25, -0.2) is 0 Å². The lowest BCUT2D eigenvalue weighted by atomic mass is 9.81. The first-order valence-electron chi connectivity index (χ1n) is 9.29. The van der Waals surface area contributed by atoms with Crippen LogP contribution in [0, 0.1) is 37.5 Å². The molecule has 0 aromatic heterocycles. The minimum atomic E-state index is -0.171. The second-order valence-corrected chi connectivity index (χ2v) is 8.71. The second-order valence-electron chi connectivity index (χ2n) is 7.86. The number of likely N-dealkylation sites (tertiary alicyclic amines) is 1. The van der Waals surface area contributed by atoms with E-state index < -0.39 is 0 Å². The molecule has 26 heavy (non-hydrogen) atoms. The predicted octanol–water partition coefficient (Wildman–Crippen LogP) is 3.43. The highest BCUT2D eigenvalue weighted by Gasteiger charge is 2.60. The average molecular weight is 419 g/mol. The fourth-order valence-electron chi connectivity index (χ4n) is 5.04. The van der Waals surface area contributed by atoms with E-state index in [4.69, 9.17) is 0 Å². The zero-order valence-electron chi connectivity index (χ0n) is 15.0. The fourth-order valence-corrected chi connectivity index (χ4v) is 5.47. The number of imide groups is 1. The van der Waals surface area contributed by atoms with Crippen LogP contribution in [0.5, 0.6) is 0 Å². The molecule has 3 aliphatic rings. The summed E-state index contributed by atoms with van der Waals surface area (Å²) in [6.07, 6.45) is 3.31. The molecule has 4 atom stereocenters. The zero-order valence-corrected chi connectivity index (χ0v) is 16.6. The van der Waals surface area contributed by atoms with E-state index in [0.717, 1.165) is 40.5 Å². The first-order chi connectivity index (χ1) is 12.4. The molecule has 0 unspecified atom stereocenters. The molecule has 6 heteroatoms. The van der Waals surface area contributed by atoms with Crippen molar-refractivity contribution < 1.29 is 14.4 Å². The maximum atomic E-state index is 12.7. The van der Waals surface area contributed by atoms with Crippen LogP contribution in [0.3, 0.4) is 0 Å². The number of nitrogens with one attached hydrogen (secondary N) is 1. The maximum Gasteiger partial charge on any atom is 0.233 e. The van der Waals surface area contributed by atoms with Crippen LogP contribution in [0.15, 0.2) is 16.6 Å². The summed E-state index contributed by atoms with van der Waals surface area (Å²) in [5, 5.41) is 2.90. The highest BCUT2D eigenvalue weighted by atomic mass is 79.9. The quantitative estimate of drug-likeness (QED) is 0.761. The smallest absolute Gasteiger partial charge is 0.233 e. The van der Waals surface area contributed by atoms with E-state index >= 15 is 0 Å². The summed E-state index contributed by atoms with van der Waals surface area (Å²) < 4.78 is 1.00. The second kappa shape index (κ2) is 6.48. The van der Waals surface area contributed by atoms with E-state index in [9.17, 15) is 14.4 Å². The Kier molecular flexibility index (Phi) is 4.41. The third kappa shape index (κ3) is 2.70. The van der Waals surface area contributed by atoms with Crippen LogP contribution in [-0.2, 0) is 14.4 Å².